The molecular weight excluding hydrogens is 406 g/mol. The minimum absolute atomic E-state index is 0.430. The molecule has 2 aromatic heterocycles. The number of aromatic nitrogens is 2. The van der Waals surface area contributed by atoms with Crippen molar-refractivity contribution in [2.45, 2.75) is 6.92 Å². The first-order valence-corrected chi connectivity index (χ1v) is 10.5. The van der Waals surface area contributed by atoms with Crippen molar-refractivity contribution in [3.63, 3.8) is 0 Å². The molecule has 8 nitrogen and oxygen atoms in total. The highest BCUT2D eigenvalue weighted by molar-refractivity contribution is 5.69. The van der Waals surface area contributed by atoms with E-state index in [1.807, 2.05) is 37.3 Å². The average Bonchev–Trinajstić information content (AvgIpc) is 2.83. The maximum atomic E-state index is 9.39. The molecule has 0 aliphatic carbocycles. The summed E-state index contributed by atoms with van der Waals surface area (Å²) in [4.78, 5) is 11.3. The Labute approximate surface area is 187 Å². The largest absolute Gasteiger partial charge is 0.491 e. The number of nitrogens with two attached hydrogens (primary N) is 1. The second kappa shape index (κ2) is 10.1. The van der Waals surface area contributed by atoms with Gasteiger partial charge in [-0.05, 0) is 37.3 Å². The van der Waals surface area contributed by atoms with Gasteiger partial charge in [-0.1, -0.05) is 0 Å². The zero-order valence-corrected chi connectivity index (χ0v) is 18.0. The van der Waals surface area contributed by atoms with Gasteiger partial charge >= 0.3 is 0 Å². The van der Waals surface area contributed by atoms with Gasteiger partial charge in [0, 0.05) is 43.0 Å². The van der Waals surface area contributed by atoms with Crippen LogP contribution >= 0.6 is 0 Å². The summed E-state index contributed by atoms with van der Waals surface area (Å²) in [5, 5.41) is 9.39. The van der Waals surface area contributed by atoms with Crippen LogP contribution in [0.4, 0.5) is 5.82 Å². The summed E-state index contributed by atoms with van der Waals surface area (Å²) in [6.45, 7) is 5.73. The molecule has 4 rings (SSSR count). The van der Waals surface area contributed by atoms with Crippen LogP contribution in [-0.2, 0) is 4.74 Å². The predicted molar refractivity (Wildman–Crippen MR) is 121 cm³/mol. The van der Waals surface area contributed by atoms with E-state index >= 15 is 0 Å². The number of aryl methyl sites for hydroxylation is 1. The second-order valence-electron chi connectivity index (χ2n) is 7.34. The molecule has 3 aromatic rings. The second-order valence-corrected chi connectivity index (χ2v) is 7.34. The summed E-state index contributed by atoms with van der Waals surface area (Å²) >= 11 is 0. The third kappa shape index (κ3) is 5.14. The Bertz CT molecular complexity index is 1110. The highest BCUT2D eigenvalue weighted by Crippen LogP contribution is 2.35. The minimum Gasteiger partial charge on any atom is -0.491 e. The van der Waals surface area contributed by atoms with Gasteiger partial charge in [-0.25, -0.2) is 4.98 Å². The van der Waals surface area contributed by atoms with Gasteiger partial charge in [0.05, 0.1) is 36.7 Å². The maximum absolute atomic E-state index is 9.39. The first-order valence-electron chi connectivity index (χ1n) is 10.5. The molecule has 0 radical (unpaired) electrons. The third-order valence-corrected chi connectivity index (χ3v) is 4.99. The van der Waals surface area contributed by atoms with E-state index in [-0.39, 0.29) is 0 Å². The lowest BCUT2D eigenvalue weighted by molar-refractivity contribution is 0.122. The number of rotatable bonds is 7. The fourth-order valence-corrected chi connectivity index (χ4v) is 3.45. The molecule has 0 spiro atoms. The minimum atomic E-state index is 0.430. The maximum Gasteiger partial charge on any atom is 0.138 e. The van der Waals surface area contributed by atoms with E-state index in [0.717, 1.165) is 30.2 Å². The Morgan fingerprint density at radius 1 is 1.12 bits per heavy atom. The van der Waals surface area contributed by atoms with E-state index in [1.165, 1.54) is 0 Å². The molecule has 2 N–H and O–H groups in total. The van der Waals surface area contributed by atoms with Gasteiger partial charge in [0.1, 0.15) is 29.7 Å². The standard InChI is InChI=1S/C24H25N5O3/c1-17-12-20(14-24(28-17)29-7-10-30-11-8-29)32-23-13-18(15-26)2-4-21(23)22-5-3-19(16-27-22)31-9-6-25/h2-5,12-14,16H,6-11,25H2,1H3. The van der Waals surface area contributed by atoms with E-state index < -0.39 is 0 Å². The summed E-state index contributed by atoms with van der Waals surface area (Å²) in [5.74, 6) is 2.69. The number of ether oxygens (including phenoxy) is 3. The van der Waals surface area contributed by atoms with Crippen molar-refractivity contribution in [1.82, 2.24) is 9.97 Å². The predicted octanol–water partition coefficient (Wildman–Crippen LogP) is 3.29. The molecule has 8 heteroatoms. The van der Waals surface area contributed by atoms with Crippen molar-refractivity contribution < 1.29 is 14.2 Å². The van der Waals surface area contributed by atoms with Crippen molar-refractivity contribution in [1.29, 1.82) is 5.26 Å². The van der Waals surface area contributed by atoms with Crippen LogP contribution in [0.3, 0.4) is 0 Å². The molecule has 0 amide bonds. The topological polar surface area (TPSA) is 107 Å². The van der Waals surface area contributed by atoms with Gasteiger partial charge in [0.15, 0.2) is 0 Å². The molecule has 0 unspecified atom stereocenters. The lowest BCUT2D eigenvalue weighted by atomic mass is 10.1. The molecule has 1 aliphatic heterocycles. The van der Waals surface area contributed by atoms with Crippen LogP contribution in [0.2, 0.25) is 0 Å². The van der Waals surface area contributed by atoms with E-state index in [9.17, 15) is 5.26 Å². The van der Waals surface area contributed by atoms with E-state index in [4.69, 9.17) is 19.9 Å². The first kappa shape index (κ1) is 21.6. The smallest absolute Gasteiger partial charge is 0.138 e. The molecule has 1 aliphatic rings. The monoisotopic (exact) mass is 431 g/mol. The van der Waals surface area contributed by atoms with Crippen LogP contribution in [0.15, 0.2) is 48.7 Å². The Balaban J connectivity index is 1.65. The van der Waals surface area contributed by atoms with Crippen molar-refractivity contribution in [3.05, 3.63) is 59.9 Å². The summed E-state index contributed by atoms with van der Waals surface area (Å²) in [6, 6.07) is 15.0. The Hall–Kier alpha value is -3.67. The lowest BCUT2D eigenvalue weighted by Crippen LogP contribution is -2.36. The summed E-state index contributed by atoms with van der Waals surface area (Å²) in [5.41, 5.74) is 8.33. The van der Waals surface area contributed by atoms with E-state index in [1.54, 1.807) is 18.3 Å². The number of nitriles is 1. The molecule has 3 heterocycles. The third-order valence-electron chi connectivity index (χ3n) is 4.99. The van der Waals surface area contributed by atoms with Crippen molar-refractivity contribution in [2.24, 2.45) is 5.73 Å². The summed E-state index contributed by atoms with van der Waals surface area (Å²) in [6.07, 6.45) is 1.65. The fraction of sp³-hybridized carbons (Fsp3) is 0.292. The number of morpholine rings is 1. The lowest BCUT2D eigenvalue weighted by Gasteiger charge is -2.28. The van der Waals surface area contributed by atoms with E-state index in [0.29, 0.717) is 54.9 Å². The van der Waals surface area contributed by atoms with Crippen LogP contribution < -0.4 is 20.1 Å². The van der Waals surface area contributed by atoms with Gasteiger partial charge in [-0.2, -0.15) is 5.26 Å². The summed E-state index contributed by atoms with van der Waals surface area (Å²) in [7, 11) is 0. The zero-order valence-electron chi connectivity index (χ0n) is 18.0. The zero-order chi connectivity index (χ0) is 22.3. The van der Waals surface area contributed by atoms with Crippen LogP contribution in [0, 0.1) is 18.3 Å². The quantitative estimate of drug-likeness (QED) is 0.607. The Morgan fingerprint density at radius 2 is 1.97 bits per heavy atom. The van der Waals surface area contributed by atoms with Crippen LogP contribution in [0.25, 0.3) is 11.3 Å². The number of pyridine rings is 2. The molecule has 164 valence electrons. The van der Waals surface area contributed by atoms with Crippen molar-refractivity contribution >= 4 is 5.82 Å². The highest BCUT2D eigenvalue weighted by Gasteiger charge is 2.16. The number of hydrogen-bond donors (Lipinski definition) is 1. The fourth-order valence-electron chi connectivity index (χ4n) is 3.45. The van der Waals surface area contributed by atoms with Crippen molar-refractivity contribution in [2.75, 3.05) is 44.4 Å². The van der Waals surface area contributed by atoms with Gasteiger partial charge in [0.2, 0.25) is 0 Å². The molecule has 1 saturated heterocycles. The van der Waals surface area contributed by atoms with Gasteiger partial charge in [0.25, 0.3) is 0 Å². The van der Waals surface area contributed by atoms with Gasteiger partial charge < -0.3 is 24.8 Å². The molecule has 0 atom stereocenters. The number of hydrogen-bond acceptors (Lipinski definition) is 8. The first-order chi connectivity index (χ1) is 15.7. The molecule has 32 heavy (non-hydrogen) atoms. The number of nitrogens with zero attached hydrogens (tertiary/aromatic N) is 4. The SMILES string of the molecule is Cc1cc(Oc2cc(C#N)ccc2-c2ccc(OCCN)cn2)cc(N2CCOCC2)n1. The van der Waals surface area contributed by atoms with Gasteiger partial charge in [-0.3, -0.25) is 4.98 Å². The molecule has 0 bridgehead atoms. The van der Waals surface area contributed by atoms with Crippen molar-refractivity contribution in [3.8, 4) is 34.6 Å². The summed E-state index contributed by atoms with van der Waals surface area (Å²) < 4.78 is 17.2. The van der Waals surface area contributed by atoms with Crippen LogP contribution in [0.5, 0.6) is 17.2 Å². The normalized spacial score (nSPS) is 13.5. The molecular formula is C24H25N5O3. The number of benzene rings is 1. The molecule has 1 fully saturated rings. The van der Waals surface area contributed by atoms with Crippen LogP contribution in [-0.4, -0.2) is 49.4 Å². The molecule has 1 aromatic carbocycles. The Morgan fingerprint density at radius 3 is 2.69 bits per heavy atom. The molecule has 0 saturated carbocycles. The van der Waals surface area contributed by atoms with Crippen LogP contribution in [0.1, 0.15) is 11.3 Å². The Kier molecular flexibility index (Phi) is 6.80. The van der Waals surface area contributed by atoms with E-state index in [2.05, 4.69) is 20.9 Å². The highest BCUT2D eigenvalue weighted by atomic mass is 16.5. The average molecular weight is 431 g/mol. The van der Waals surface area contributed by atoms with Gasteiger partial charge in [-0.15, -0.1) is 0 Å². The number of anilines is 1.